The lowest BCUT2D eigenvalue weighted by molar-refractivity contribution is -0.131. The van der Waals surface area contributed by atoms with E-state index in [1.807, 2.05) is 13.8 Å². The smallest absolute Gasteiger partial charge is 0.273 e. The van der Waals surface area contributed by atoms with E-state index in [0.717, 1.165) is 13.0 Å². The van der Waals surface area contributed by atoms with Crippen LogP contribution in [0.4, 0.5) is 0 Å². The standard InChI is InChI=1S/C15H26N6O3/c1-3-20(4-2)14(23)10-21-9-12(18-19-21)15(24)17-7-11-5-6-16-8-13(11)22/h9,11,13,16,22H,3-8,10H2,1-2H3,(H,17,24)/t11-,13+/m0/s1. The molecule has 9 heteroatoms. The molecule has 1 aliphatic heterocycles. The molecule has 2 atom stereocenters. The summed E-state index contributed by atoms with van der Waals surface area (Å²) in [6.45, 7) is 6.94. The van der Waals surface area contributed by atoms with Gasteiger partial charge < -0.3 is 20.6 Å². The van der Waals surface area contributed by atoms with Gasteiger partial charge in [0.1, 0.15) is 6.54 Å². The molecule has 0 spiro atoms. The normalized spacial score (nSPS) is 20.6. The molecule has 2 amide bonds. The van der Waals surface area contributed by atoms with Crippen molar-refractivity contribution in [3.05, 3.63) is 11.9 Å². The highest BCUT2D eigenvalue weighted by Crippen LogP contribution is 2.11. The molecule has 0 saturated carbocycles. The third-order valence-electron chi connectivity index (χ3n) is 4.30. The quantitative estimate of drug-likeness (QED) is 0.578. The molecule has 0 unspecified atom stereocenters. The molecule has 0 bridgehead atoms. The summed E-state index contributed by atoms with van der Waals surface area (Å²) in [5.41, 5.74) is 0.172. The van der Waals surface area contributed by atoms with E-state index in [2.05, 4.69) is 20.9 Å². The van der Waals surface area contributed by atoms with Gasteiger partial charge in [-0.25, -0.2) is 4.68 Å². The molecule has 3 N–H and O–H groups in total. The first-order valence-corrected chi connectivity index (χ1v) is 8.40. The molecule has 9 nitrogen and oxygen atoms in total. The first kappa shape index (κ1) is 18.3. The molecule has 2 heterocycles. The van der Waals surface area contributed by atoms with E-state index in [-0.39, 0.29) is 30.0 Å². The highest BCUT2D eigenvalue weighted by atomic mass is 16.3. The number of carbonyl (C=O) groups excluding carboxylic acids is 2. The molecule has 0 aromatic carbocycles. The fourth-order valence-electron chi connectivity index (χ4n) is 2.74. The Balaban J connectivity index is 1.85. The average Bonchev–Trinajstić information content (AvgIpc) is 3.03. The van der Waals surface area contributed by atoms with Crippen molar-refractivity contribution >= 4 is 11.8 Å². The van der Waals surface area contributed by atoms with Crippen molar-refractivity contribution in [2.45, 2.75) is 32.9 Å². The number of hydrogen-bond donors (Lipinski definition) is 3. The van der Waals surface area contributed by atoms with Gasteiger partial charge in [0.05, 0.1) is 12.3 Å². The van der Waals surface area contributed by atoms with Gasteiger partial charge in [-0.2, -0.15) is 0 Å². The second-order valence-electron chi connectivity index (χ2n) is 5.90. The number of likely N-dealkylation sites (N-methyl/N-ethyl adjacent to an activating group) is 1. The monoisotopic (exact) mass is 338 g/mol. The lowest BCUT2D eigenvalue weighted by atomic mass is 9.95. The molecule has 0 aliphatic carbocycles. The van der Waals surface area contributed by atoms with Gasteiger partial charge in [-0.15, -0.1) is 5.10 Å². The van der Waals surface area contributed by atoms with Gasteiger partial charge in [-0.3, -0.25) is 9.59 Å². The van der Waals surface area contributed by atoms with Gasteiger partial charge in [0.15, 0.2) is 5.69 Å². The number of aliphatic hydroxyl groups is 1. The summed E-state index contributed by atoms with van der Waals surface area (Å²) in [7, 11) is 0. The molecule has 134 valence electrons. The maximum atomic E-state index is 12.1. The zero-order chi connectivity index (χ0) is 17.5. The van der Waals surface area contributed by atoms with Gasteiger partial charge in [0.2, 0.25) is 5.91 Å². The molecule has 24 heavy (non-hydrogen) atoms. The van der Waals surface area contributed by atoms with Crippen LogP contribution in [0.2, 0.25) is 0 Å². The Kier molecular flexibility index (Phi) is 6.68. The SMILES string of the molecule is CCN(CC)C(=O)Cn1cc(C(=O)NC[C@@H]2CCNC[C@H]2O)nn1. The van der Waals surface area contributed by atoms with Crippen LogP contribution in [0.3, 0.4) is 0 Å². The summed E-state index contributed by atoms with van der Waals surface area (Å²) in [6, 6.07) is 0. The van der Waals surface area contributed by atoms with Gasteiger partial charge in [0.25, 0.3) is 5.91 Å². The third kappa shape index (κ3) is 4.75. The van der Waals surface area contributed by atoms with Crippen LogP contribution >= 0.6 is 0 Å². The summed E-state index contributed by atoms with van der Waals surface area (Å²) in [4.78, 5) is 25.8. The van der Waals surface area contributed by atoms with E-state index in [1.54, 1.807) is 4.90 Å². The molecular weight excluding hydrogens is 312 g/mol. The van der Waals surface area contributed by atoms with Crippen molar-refractivity contribution in [2.24, 2.45) is 5.92 Å². The van der Waals surface area contributed by atoms with Crippen LogP contribution in [0, 0.1) is 5.92 Å². The number of nitrogens with zero attached hydrogens (tertiary/aromatic N) is 4. The van der Waals surface area contributed by atoms with Crippen LogP contribution in [-0.2, 0) is 11.3 Å². The average molecular weight is 338 g/mol. The zero-order valence-corrected chi connectivity index (χ0v) is 14.2. The Morgan fingerprint density at radius 2 is 2.21 bits per heavy atom. The van der Waals surface area contributed by atoms with Crippen LogP contribution in [0.1, 0.15) is 30.8 Å². The molecule has 1 saturated heterocycles. The van der Waals surface area contributed by atoms with E-state index in [4.69, 9.17) is 0 Å². The number of aliphatic hydroxyl groups excluding tert-OH is 1. The third-order valence-corrected chi connectivity index (χ3v) is 4.30. The topological polar surface area (TPSA) is 112 Å². The number of β-amino-alcohol motifs (C(OH)–C–C–N with tert-alkyl or cyclic N) is 1. The molecule has 1 aliphatic rings. The van der Waals surface area contributed by atoms with Crippen LogP contribution in [0.5, 0.6) is 0 Å². The number of hydrogen-bond acceptors (Lipinski definition) is 6. The summed E-state index contributed by atoms with van der Waals surface area (Å²) in [5.74, 6) is -0.369. The highest BCUT2D eigenvalue weighted by molar-refractivity contribution is 5.91. The van der Waals surface area contributed by atoms with E-state index in [9.17, 15) is 14.7 Å². The van der Waals surface area contributed by atoms with Crippen molar-refractivity contribution in [1.29, 1.82) is 0 Å². The second-order valence-corrected chi connectivity index (χ2v) is 5.90. The van der Waals surface area contributed by atoms with Gasteiger partial charge in [0, 0.05) is 32.1 Å². The van der Waals surface area contributed by atoms with Gasteiger partial charge in [-0.05, 0) is 26.8 Å². The van der Waals surface area contributed by atoms with Crippen molar-refractivity contribution < 1.29 is 14.7 Å². The van der Waals surface area contributed by atoms with Crippen LogP contribution < -0.4 is 10.6 Å². The molecule has 2 rings (SSSR count). The van der Waals surface area contributed by atoms with E-state index in [0.29, 0.717) is 26.2 Å². The summed E-state index contributed by atoms with van der Waals surface area (Å²) < 4.78 is 1.37. The minimum absolute atomic E-state index is 0.0366. The first-order chi connectivity index (χ1) is 11.5. The molecule has 1 fully saturated rings. The van der Waals surface area contributed by atoms with Crippen molar-refractivity contribution in [3.8, 4) is 0 Å². The van der Waals surface area contributed by atoms with Gasteiger partial charge in [-0.1, -0.05) is 5.21 Å². The molecular formula is C15H26N6O3. The minimum Gasteiger partial charge on any atom is -0.391 e. The number of rotatable bonds is 7. The van der Waals surface area contributed by atoms with Crippen LogP contribution in [-0.4, -0.2) is 75.6 Å². The summed E-state index contributed by atoms with van der Waals surface area (Å²) >= 11 is 0. The van der Waals surface area contributed by atoms with Gasteiger partial charge >= 0.3 is 0 Å². The molecule has 1 aromatic heterocycles. The number of nitrogens with one attached hydrogen (secondary N) is 2. The number of carbonyl (C=O) groups is 2. The molecule has 0 radical (unpaired) electrons. The maximum Gasteiger partial charge on any atom is 0.273 e. The largest absolute Gasteiger partial charge is 0.391 e. The maximum absolute atomic E-state index is 12.1. The van der Waals surface area contributed by atoms with E-state index >= 15 is 0 Å². The van der Waals surface area contributed by atoms with Crippen LogP contribution in [0.25, 0.3) is 0 Å². The summed E-state index contributed by atoms with van der Waals surface area (Å²) in [5, 5.41) is 23.4. The zero-order valence-electron chi connectivity index (χ0n) is 14.2. The minimum atomic E-state index is -0.457. The highest BCUT2D eigenvalue weighted by Gasteiger charge is 2.23. The van der Waals surface area contributed by atoms with Crippen molar-refractivity contribution in [1.82, 2.24) is 30.5 Å². The summed E-state index contributed by atoms with van der Waals surface area (Å²) in [6.07, 6.45) is 1.82. The predicted molar refractivity (Wildman–Crippen MR) is 87.3 cm³/mol. The predicted octanol–water partition coefficient (Wildman–Crippen LogP) is -1.15. The Bertz CT molecular complexity index is 557. The fraction of sp³-hybridized carbons (Fsp3) is 0.733. The van der Waals surface area contributed by atoms with Crippen LogP contribution in [0.15, 0.2) is 6.20 Å². The van der Waals surface area contributed by atoms with E-state index in [1.165, 1.54) is 10.9 Å². The first-order valence-electron chi connectivity index (χ1n) is 8.40. The fourth-order valence-corrected chi connectivity index (χ4v) is 2.74. The second kappa shape index (κ2) is 8.74. The van der Waals surface area contributed by atoms with Crippen molar-refractivity contribution in [2.75, 3.05) is 32.7 Å². The number of aromatic nitrogens is 3. The van der Waals surface area contributed by atoms with E-state index < -0.39 is 6.10 Å². The number of piperidine rings is 1. The lowest BCUT2D eigenvalue weighted by Crippen LogP contribution is -2.45. The Hall–Kier alpha value is -2.00. The van der Waals surface area contributed by atoms with Crippen molar-refractivity contribution in [3.63, 3.8) is 0 Å². The Labute approximate surface area is 141 Å². The Morgan fingerprint density at radius 1 is 1.46 bits per heavy atom. The lowest BCUT2D eigenvalue weighted by Gasteiger charge is -2.28. The Morgan fingerprint density at radius 3 is 2.88 bits per heavy atom. The molecule has 1 aromatic rings. The number of amides is 2.